The van der Waals surface area contributed by atoms with Crippen molar-refractivity contribution in [3.05, 3.63) is 30.6 Å². The molecule has 1 aliphatic heterocycles. The number of nitrogens with zero attached hydrogens (tertiary/aromatic N) is 2. The van der Waals surface area contributed by atoms with Gasteiger partial charge in [0.1, 0.15) is 17.2 Å². The number of ether oxygens (including phenoxy) is 2. The van der Waals surface area contributed by atoms with E-state index in [-0.39, 0.29) is 11.9 Å². The minimum absolute atomic E-state index is 0.0591. The number of benzene rings is 1. The van der Waals surface area contributed by atoms with Crippen LogP contribution in [0.5, 0.6) is 11.5 Å². The molecule has 2 rings (SSSR count). The van der Waals surface area contributed by atoms with Crippen LogP contribution in [0.1, 0.15) is 47.5 Å². The summed E-state index contributed by atoms with van der Waals surface area (Å²) < 4.78 is 11.6. The fourth-order valence-electron chi connectivity index (χ4n) is 2.44. The van der Waals surface area contributed by atoms with Gasteiger partial charge >= 0.3 is 0 Å². The van der Waals surface area contributed by atoms with E-state index in [0.717, 1.165) is 24.3 Å². The average Bonchev–Trinajstić information content (AvgIpc) is 3.12. The quantitative estimate of drug-likeness (QED) is 0.599. The fourth-order valence-corrected chi connectivity index (χ4v) is 2.44. The molecule has 1 unspecified atom stereocenters. The molecule has 156 valence electrons. The van der Waals surface area contributed by atoms with Crippen molar-refractivity contribution >= 4 is 11.6 Å². The van der Waals surface area contributed by atoms with E-state index in [0.29, 0.717) is 19.0 Å². The Morgan fingerprint density at radius 3 is 2.50 bits per heavy atom. The highest BCUT2D eigenvalue weighted by molar-refractivity contribution is 5.80. The number of anilines is 1. The highest BCUT2D eigenvalue weighted by Crippen LogP contribution is 2.33. The summed E-state index contributed by atoms with van der Waals surface area (Å²) >= 11 is 0. The number of rotatable bonds is 11. The maximum atomic E-state index is 12.0. The van der Waals surface area contributed by atoms with Crippen LogP contribution in [-0.4, -0.2) is 36.4 Å². The lowest BCUT2D eigenvalue weighted by Gasteiger charge is -2.25. The number of hydrazine groups is 2. The van der Waals surface area contributed by atoms with Crippen LogP contribution in [0, 0.1) is 0 Å². The molecule has 0 saturated carbocycles. The molecule has 1 aromatic rings. The van der Waals surface area contributed by atoms with Crippen LogP contribution >= 0.6 is 0 Å². The third-order valence-corrected chi connectivity index (χ3v) is 3.75. The van der Waals surface area contributed by atoms with Gasteiger partial charge in [-0.1, -0.05) is 13.8 Å². The normalized spacial score (nSPS) is 14.5. The topological polar surface area (TPSA) is 75.3 Å². The molecule has 1 amide bonds. The van der Waals surface area contributed by atoms with E-state index < -0.39 is 6.10 Å². The SMILES string of the molecule is CCCOc1ccc(N2C=CN(OC(C)C(=O)NC(C)C)N2)c(OCCC)c1. The Morgan fingerprint density at radius 2 is 1.82 bits per heavy atom. The van der Waals surface area contributed by atoms with E-state index in [2.05, 4.69) is 24.7 Å². The van der Waals surface area contributed by atoms with Gasteiger partial charge in [0.05, 0.1) is 19.4 Å². The van der Waals surface area contributed by atoms with Crippen LogP contribution in [0.4, 0.5) is 5.69 Å². The Hall–Kier alpha value is -2.45. The van der Waals surface area contributed by atoms with Crippen molar-refractivity contribution in [1.29, 1.82) is 0 Å². The number of hydrogen-bond acceptors (Lipinski definition) is 7. The molecule has 0 saturated heterocycles. The van der Waals surface area contributed by atoms with Gasteiger partial charge in [-0.25, -0.2) is 4.84 Å². The summed E-state index contributed by atoms with van der Waals surface area (Å²) in [5.74, 6) is 1.31. The van der Waals surface area contributed by atoms with E-state index in [1.54, 1.807) is 24.3 Å². The van der Waals surface area contributed by atoms with Gasteiger partial charge in [0, 0.05) is 18.3 Å². The molecule has 8 nitrogen and oxygen atoms in total. The number of hydrogen-bond donors (Lipinski definition) is 2. The maximum Gasteiger partial charge on any atom is 0.251 e. The standard InChI is InChI=1S/C20H32N4O4/c1-6-12-26-17-8-9-18(19(14-17)27-13-7-2)23-10-11-24(22-23)28-16(5)20(25)21-15(3)4/h8-11,14-16,22H,6-7,12-13H2,1-5H3,(H,21,25). The Labute approximate surface area is 167 Å². The predicted octanol–water partition coefficient (Wildman–Crippen LogP) is 3.12. The first-order chi connectivity index (χ1) is 13.4. The Balaban J connectivity index is 2.03. The minimum Gasteiger partial charge on any atom is -0.493 e. The van der Waals surface area contributed by atoms with Crippen LogP contribution in [-0.2, 0) is 9.63 Å². The second-order valence-electron chi connectivity index (χ2n) is 6.83. The number of carbonyl (C=O) groups is 1. The first kappa shape index (κ1) is 21.8. The van der Waals surface area contributed by atoms with Crippen molar-refractivity contribution in [3.8, 4) is 11.5 Å². The Morgan fingerprint density at radius 1 is 1.11 bits per heavy atom. The van der Waals surface area contributed by atoms with Crippen LogP contribution in [0.3, 0.4) is 0 Å². The van der Waals surface area contributed by atoms with E-state index in [4.69, 9.17) is 14.3 Å². The average molecular weight is 393 g/mol. The Bertz CT molecular complexity index is 666. The predicted molar refractivity (Wildman–Crippen MR) is 108 cm³/mol. The van der Waals surface area contributed by atoms with Gasteiger partial charge in [-0.2, -0.15) is 5.17 Å². The third-order valence-electron chi connectivity index (χ3n) is 3.75. The monoisotopic (exact) mass is 392 g/mol. The molecule has 0 spiro atoms. The molecule has 0 aromatic heterocycles. The van der Waals surface area contributed by atoms with Gasteiger partial charge in [-0.3, -0.25) is 9.80 Å². The summed E-state index contributed by atoms with van der Waals surface area (Å²) in [7, 11) is 0. The molecule has 1 aliphatic rings. The van der Waals surface area contributed by atoms with Gasteiger partial charge < -0.3 is 14.8 Å². The highest BCUT2D eigenvalue weighted by atomic mass is 16.7. The fraction of sp³-hybridized carbons (Fsp3) is 0.550. The van der Waals surface area contributed by atoms with Gasteiger partial charge in [0.25, 0.3) is 5.91 Å². The number of nitrogens with one attached hydrogen (secondary N) is 2. The number of carbonyl (C=O) groups excluding carboxylic acids is 1. The second kappa shape index (κ2) is 10.8. The van der Waals surface area contributed by atoms with Crippen LogP contribution in [0.2, 0.25) is 0 Å². The van der Waals surface area contributed by atoms with Crippen molar-refractivity contribution in [1.82, 2.24) is 16.0 Å². The highest BCUT2D eigenvalue weighted by Gasteiger charge is 2.23. The van der Waals surface area contributed by atoms with Gasteiger partial charge in [-0.05, 0) is 45.7 Å². The lowest BCUT2D eigenvalue weighted by Crippen LogP contribution is -2.45. The zero-order chi connectivity index (χ0) is 20.5. The van der Waals surface area contributed by atoms with E-state index >= 15 is 0 Å². The molecule has 1 heterocycles. The second-order valence-corrected chi connectivity index (χ2v) is 6.83. The molecular weight excluding hydrogens is 360 g/mol. The van der Waals surface area contributed by atoms with Crippen molar-refractivity contribution in [2.24, 2.45) is 0 Å². The van der Waals surface area contributed by atoms with E-state index in [1.165, 1.54) is 5.17 Å². The molecule has 28 heavy (non-hydrogen) atoms. The molecule has 2 N–H and O–H groups in total. The molecule has 0 aliphatic carbocycles. The lowest BCUT2D eigenvalue weighted by atomic mass is 10.2. The summed E-state index contributed by atoms with van der Waals surface area (Å²) in [6.45, 7) is 10.9. The summed E-state index contributed by atoms with van der Waals surface area (Å²) in [6.07, 6.45) is 4.71. The third kappa shape index (κ3) is 6.31. The summed E-state index contributed by atoms with van der Waals surface area (Å²) in [6, 6.07) is 5.77. The van der Waals surface area contributed by atoms with Gasteiger partial charge in [0.2, 0.25) is 0 Å². The van der Waals surface area contributed by atoms with Crippen LogP contribution in [0.15, 0.2) is 30.6 Å². The van der Waals surface area contributed by atoms with Crippen LogP contribution < -0.4 is 25.3 Å². The molecule has 8 heteroatoms. The largest absolute Gasteiger partial charge is 0.493 e. The van der Waals surface area contributed by atoms with Crippen molar-refractivity contribution < 1.29 is 19.1 Å². The summed E-state index contributed by atoms with van der Waals surface area (Å²) in [5.41, 5.74) is 3.88. The Kier molecular flexibility index (Phi) is 8.41. The van der Waals surface area contributed by atoms with E-state index in [9.17, 15) is 4.79 Å². The number of hydroxylamine groups is 1. The molecule has 0 radical (unpaired) electrons. The lowest BCUT2D eigenvalue weighted by molar-refractivity contribution is -0.191. The molecule has 0 fully saturated rings. The van der Waals surface area contributed by atoms with Gasteiger partial charge in [0.15, 0.2) is 6.10 Å². The molecule has 0 bridgehead atoms. The minimum atomic E-state index is -0.639. The van der Waals surface area contributed by atoms with Crippen molar-refractivity contribution in [2.45, 2.75) is 59.6 Å². The molecule has 1 aromatic carbocycles. The van der Waals surface area contributed by atoms with E-state index in [1.807, 2.05) is 32.0 Å². The molecular formula is C20H32N4O4. The van der Waals surface area contributed by atoms with Crippen LogP contribution in [0.25, 0.3) is 0 Å². The van der Waals surface area contributed by atoms with Crippen molar-refractivity contribution in [3.63, 3.8) is 0 Å². The number of amides is 1. The maximum absolute atomic E-state index is 12.0. The first-order valence-electron chi connectivity index (χ1n) is 9.84. The zero-order valence-corrected chi connectivity index (χ0v) is 17.4. The van der Waals surface area contributed by atoms with Gasteiger partial charge in [-0.15, -0.1) is 5.53 Å². The smallest absolute Gasteiger partial charge is 0.251 e. The summed E-state index contributed by atoms with van der Waals surface area (Å²) in [4.78, 5) is 17.7. The first-order valence-corrected chi connectivity index (χ1v) is 9.84. The summed E-state index contributed by atoms with van der Waals surface area (Å²) in [5, 5.41) is 5.99. The molecule has 1 atom stereocenters. The zero-order valence-electron chi connectivity index (χ0n) is 17.4. The van der Waals surface area contributed by atoms with Crippen molar-refractivity contribution in [2.75, 3.05) is 18.2 Å².